The van der Waals surface area contributed by atoms with E-state index < -0.39 is 10.8 Å². The molecule has 6 heteroatoms. The molecule has 3 atom stereocenters. The first-order valence-corrected chi connectivity index (χ1v) is 10.3. The second kappa shape index (κ2) is 9.46. The van der Waals surface area contributed by atoms with Gasteiger partial charge in [0.1, 0.15) is 0 Å². The summed E-state index contributed by atoms with van der Waals surface area (Å²) in [5.74, 6) is -0.574. The number of aromatic nitrogens is 2. The highest BCUT2D eigenvalue weighted by Gasteiger charge is 2.33. The lowest BCUT2D eigenvalue weighted by Crippen LogP contribution is -2.30. The summed E-state index contributed by atoms with van der Waals surface area (Å²) in [6.45, 7) is 0. The summed E-state index contributed by atoms with van der Waals surface area (Å²) in [7, 11) is 1.81. The van der Waals surface area contributed by atoms with Crippen LogP contribution in [0.1, 0.15) is 23.5 Å². The zero-order chi connectivity index (χ0) is 19.9. The van der Waals surface area contributed by atoms with E-state index in [-0.39, 0.29) is 23.6 Å². The fourth-order valence-electron chi connectivity index (χ4n) is 3.32. The first-order valence-electron chi connectivity index (χ1n) is 9.13. The number of hydrogen-bond acceptors (Lipinski definition) is 4. The summed E-state index contributed by atoms with van der Waals surface area (Å²) in [5.41, 5.74) is 2.04. The number of hydrogen-bond donors (Lipinski definition) is 0. The molecule has 2 aromatic carbocycles. The number of benzene rings is 2. The Labute approximate surface area is 167 Å². The van der Waals surface area contributed by atoms with E-state index in [9.17, 15) is 9.00 Å². The van der Waals surface area contributed by atoms with Crippen molar-refractivity contribution in [1.29, 1.82) is 0 Å². The fourth-order valence-corrected chi connectivity index (χ4v) is 5.00. The molecule has 1 heterocycles. The lowest BCUT2D eigenvalue weighted by atomic mass is 9.89. The number of ether oxygens (including phenoxy) is 1. The molecule has 0 unspecified atom stereocenters. The number of nitrogens with zero attached hydrogens (tertiary/aromatic N) is 2. The van der Waals surface area contributed by atoms with E-state index in [1.807, 2.05) is 67.7 Å². The summed E-state index contributed by atoms with van der Waals surface area (Å²) in [6, 6.07) is 19.7. The molecule has 1 aromatic heterocycles. The van der Waals surface area contributed by atoms with Crippen LogP contribution in [0.25, 0.3) is 0 Å². The molecule has 0 spiro atoms. The van der Waals surface area contributed by atoms with Gasteiger partial charge in [-0.3, -0.25) is 9.00 Å². The van der Waals surface area contributed by atoms with E-state index >= 15 is 0 Å². The Morgan fingerprint density at radius 3 is 2.32 bits per heavy atom. The average molecular weight is 397 g/mol. The Hall–Kier alpha value is -2.73. The smallest absolute Gasteiger partial charge is 0.306 e. The first kappa shape index (κ1) is 20.0. The standard InChI is InChI=1S/C22H24N2O3S/c1-24-14-13-23-22(24)28(26)20(15-17-9-5-3-6-10-17)19(16-21(25)27-2)18-11-7-4-8-12-18/h3-14,19-20H,15-16H2,1-2H3/t19-,20+,28-/m0/s1. The maximum absolute atomic E-state index is 13.6. The number of esters is 1. The molecule has 0 radical (unpaired) electrons. The van der Waals surface area contributed by atoms with Crippen LogP contribution in [0.4, 0.5) is 0 Å². The van der Waals surface area contributed by atoms with Crippen molar-refractivity contribution in [3.8, 4) is 0 Å². The van der Waals surface area contributed by atoms with E-state index in [2.05, 4.69) is 4.98 Å². The molecule has 0 aliphatic rings. The third kappa shape index (κ3) is 4.75. The van der Waals surface area contributed by atoms with Crippen molar-refractivity contribution in [2.24, 2.45) is 7.05 Å². The van der Waals surface area contributed by atoms with Crippen LogP contribution < -0.4 is 0 Å². The van der Waals surface area contributed by atoms with Crippen molar-refractivity contribution < 1.29 is 13.7 Å². The molecule has 28 heavy (non-hydrogen) atoms. The highest BCUT2D eigenvalue weighted by Crippen LogP contribution is 2.32. The van der Waals surface area contributed by atoms with Crippen LogP contribution in [-0.2, 0) is 33.8 Å². The van der Waals surface area contributed by atoms with Gasteiger partial charge in [-0.1, -0.05) is 60.7 Å². The Bertz CT molecular complexity index is 925. The maximum Gasteiger partial charge on any atom is 0.306 e. The molecular formula is C22H24N2O3S. The third-order valence-corrected chi connectivity index (χ3v) is 6.60. The highest BCUT2D eigenvalue weighted by molar-refractivity contribution is 7.85. The van der Waals surface area contributed by atoms with Gasteiger partial charge in [-0.2, -0.15) is 0 Å². The molecule has 3 rings (SSSR count). The second-order valence-corrected chi connectivity index (χ2v) is 8.21. The number of aryl methyl sites for hydroxylation is 1. The van der Waals surface area contributed by atoms with Gasteiger partial charge >= 0.3 is 5.97 Å². The fraction of sp³-hybridized carbons (Fsp3) is 0.273. The van der Waals surface area contributed by atoms with Crippen molar-refractivity contribution in [2.75, 3.05) is 7.11 Å². The van der Waals surface area contributed by atoms with Gasteiger partial charge in [0.15, 0.2) is 5.16 Å². The molecular weight excluding hydrogens is 372 g/mol. The van der Waals surface area contributed by atoms with Gasteiger partial charge in [-0.05, 0) is 17.5 Å². The number of methoxy groups -OCH3 is 1. The van der Waals surface area contributed by atoms with E-state index in [4.69, 9.17) is 4.74 Å². The largest absolute Gasteiger partial charge is 0.469 e. The van der Waals surface area contributed by atoms with Crippen LogP contribution in [0.5, 0.6) is 0 Å². The van der Waals surface area contributed by atoms with Crippen molar-refractivity contribution in [3.63, 3.8) is 0 Å². The topological polar surface area (TPSA) is 61.2 Å². The quantitative estimate of drug-likeness (QED) is 0.547. The summed E-state index contributed by atoms with van der Waals surface area (Å²) >= 11 is 0. The molecule has 0 N–H and O–H groups in total. The minimum Gasteiger partial charge on any atom is -0.469 e. The van der Waals surface area contributed by atoms with Crippen molar-refractivity contribution in [3.05, 3.63) is 84.2 Å². The summed E-state index contributed by atoms with van der Waals surface area (Å²) < 4.78 is 20.3. The van der Waals surface area contributed by atoms with Gasteiger partial charge in [0, 0.05) is 25.4 Å². The summed E-state index contributed by atoms with van der Waals surface area (Å²) in [5, 5.41) is 0.178. The van der Waals surface area contributed by atoms with Crippen LogP contribution in [0.3, 0.4) is 0 Å². The molecule has 0 saturated heterocycles. The molecule has 0 aliphatic heterocycles. The Morgan fingerprint density at radius 1 is 1.11 bits per heavy atom. The Kier molecular flexibility index (Phi) is 6.76. The van der Waals surface area contributed by atoms with Crippen LogP contribution in [0.2, 0.25) is 0 Å². The van der Waals surface area contributed by atoms with Crippen LogP contribution in [0, 0.1) is 0 Å². The predicted octanol–water partition coefficient (Wildman–Crippen LogP) is 3.49. The SMILES string of the molecule is COC(=O)C[C@@H](c1ccccc1)[C@@H](Cc1ccccc1)[S@](=O)c1nccn1C. The normalized spacial score (nSPS) is 14.2. The number of rotatable bonds is 8. The van der Waals surface area contributed by atoms with Gasteiger partial charge in [0.25, 0.3) is 0 Å². The Morgan fingerprint density at radius 2 is 1.75 bits per heavy atom. The lowest BCUT2D eigenvalue weighted by Gasteiger charge is -2.26. The van der Waals surface area contributed by atoms with E-state index in [0.717, 1.165) is 11.1 Å². The van der Waals surface area contributed by atoms with Gasteiger partial charge in [-0.15, -0.1) is 0 Å². The van der Waals surface area contributed by atoms with Gasteiger partial charge < -0.3 is 9.30 Å². The van der Waals surface area contributed by atoms with E-state index in [1.165, 1.54) is 7.11 Å². The van der Waals surface area contributed by atoms with Gasteiger partial charge in [0.2, 0.25) is 0 Å². The number of imidazole rings is 1. The minimum atomic E-state index is -1.41. The van der Waals surface area contributed by atoms with E-state index in [1.54, 1.807) is 17.0 Å². The molecule has 3 aromatic rings. The zero-order valence-corrected chi connectivity index (χ0v) is 16.8. The number of carbonyl (C=O) groups is 1. The highest BCUT2D eigenvalue weighted by atomic mass is 32.2. The van der Waals surface area contributed by atoms with Crippen molar-refractivity contribution in [2.45, 2.75) is 29.2 Å². The van der Waals surface area contributed by atoms with Crippen molar-refractivity contribution in [1.82, 2.24) is 9.55 Å². The molecule has 146 valence electrons. The molecule has 0 aliphatic carbocycles. The third-order valence-electron chi connectivity index (χ3n) is 4.80. The van der Waals surface area contributed by atoms with Crippen molar-refractivity contribution >= 4 is 16.8 Å². The van der Waals surface area contributed by atoms with Crippen LogP contribution in [0.15, 0.2) is 78.2 Å². The predicted molar refractivity (Wildman–Crippen MR) is 109 cm³/mol. The monoisotopic (exact) mass is 396 g/mol. The van der Waals surface area contributed by atoms with Gasteiger partial charge in [0.05, 0.1) is 29.6 Å². The zero-order valence-electron chi connectivity index (χ0n) is 16.0. The minimum absolute atomic E-state index is 0.161. The summed E-state index contributed by atoms with van der Waals surface area (Å²) in [4.78, 5) is 16.5. The van der Waals surface area contributed by atoms with Crippen LogP contribution >= 0.6 is 0 Å². The Balaban J connectivity index is 2.04. The molecule has 0 saturated carbocycles. The average Bonchev–Trinajstić information content (AvgIpc) is 3.17. The maximum atomic E-state index is 13.6. The summed E-state index contributed by atoms with van der Waals surface area (Å²) in [6.07, 6.45) is 4.15. The first-order chi connectivity index (χ1) is 13.6. The lowest BCUT2D eigenvalue weighted by molar-refractivity contribution is -0.141. The van der Waals surface area contributed by atoms with Gasteiger partial charge in [-0.25, -0.2) is 4.98 Å². The van der Waals surface area contributed by atoms with Crippen LogP contribution in [-0.4, -0.2) is 32.1 Å². The molecule has 0 amide bonds. The number of carbonyl (C=O) groups excluding carboxylic acids is 1. The second-order valence-electron chi connectivity index (χ2n) is 6.64. The molecule has 5 nitrogen and oxygen atoms in total. The molecule has 0 fully saturated rings. The molecule has 0 bridgehead atoms. The van der Waals surface area contributed by atoms with E-state index in [0.29, 0.717) is 11.6 Å².